The smallest absolute Gasteiger partial charge is 0.164 e. The van der Waals surface area contributed by atoms with Crippen molar-refractivity contribution in [3.8, 4) is 62.1 Å². The van der Waals surface area contributed by atoms with Crippen LogP contribution in [0, 0.1) is 0 Å². The van der Waals surface area contributed by atoms with Crippen LogP contribution in [-0.2, 0) is 0 Å². The molecule has 0 saturated carbocycles. The predicted molar refractivity (Wildman–Crippen MR) is 336 cm³/mol. The van der Waals surface area contributed by atoms with Gasteiger partial charge in [-0.2, -0.15) is 0 Å². The molecule has 0 spiro atoms. The molecule has 0 bridgehead atoms. The second kappa shape index (κ2) is 17.1. The standard InChI is InChI=1S/C57H46B10N4/c58-45-37(27-20-22-30(23-21-27)57-69-55(28-12-4-1-5-13-28)68-56(70-57)29-14-6-2-7-15-29)38(31-24-25-36-34(26-31)33-18-10-11-19-35(33)71(36)32-16-8-3-9-17-32)46(59)40-39(45)41-43(49(62)53(66)51(64)47(41)60)44-42(40)48(61)52(65)54(67)50(44)63/h1-26H,58-67H2. The number of benzene rings is 10. The van der Waals surface area contributed by atoms with E-state index in [0.29, 0.717) is 17.5 Å². The monoisotopic (exact) mass is 896 g/mol. The molecule has 0 aliphatic heterocycles. The third-order valence-electron chi connectivity index (χ3n) is 16.2. The van der Waals surface area contributed by atoms with Gasteiger partial charge in [-0.05, 0) is 84.9 Å². The van der Waals surface area contributed by atoms with E-state index >= 15 is 0 Å². The molecule has 71 heavy (non-hydrogen) atoms. The van der Waals surface area contributed by atoms with Gasteiger partial charge in [0.1, 0.15) is 78.5 Å². The lowest BCUT2D eigenvalue weighted by Crippen LogP contribution is -2.51. The fourth-order valence-electron chi connectivity index (χ4n) is 11.9. The van der Waals surface area contributed by atoms with E-state index in [0.717, 1.165) is 27.9 Å². The average molecular weight is 895 g/mol. The van der Waals surface area contributed by atoms with Crippen molar-refractivity contribution in [2.24, 2.45) is 0 Å². The Morgan fingerprint density at radius 2 is 0.606 bits per heavy atom. The summed E-state index contributed by atoms with van der Waals surface area (Å²) in [5.74, 6) is 1.94. The summed E-state index contributed by atoms with van der Waals surface area (Å²) >= 11 is 0. The number of para-hydroxylation sites is 2. The topological polar surface area (TPSA) is 43.6 Å². The highest BCUT2D eigenvalue weighted by Gasteiger charge is 2.27. The second-order valence-electron chi connectivity index (χ2n) is 19.8. The molecular formula is C57H46B10N4. The van der Waals surface area contributed by atoms with E-state index in [-0.39, 0.29) is 0 Å². The van der Waals surface area contributed by atoms with Gasteiger partial charge in [-0.25, -0.2) is 15.0 Å². The molecular weight excluding hydrogens is 849 g/mol. The van der Waals surface area contributed by atoms with Gasteiger partial charge in [0.25, 0.3) is 0 Å². The summed E-state index contributed by atoms with van der Waals surface area (Å²) in [6.45, 7) is 0. The summed E-state index contributed by atoms with van der Waals surface area (Å²) in [5, 5.41) is 10.7. The minimum Gasteiger partial charge on any atom is -0.309 e. The van der Waals surface area contributed by atoms with Gasteiger partial charge in [0, 0.05) is 33.2 Å². The van der Waals surface area contributed by atoms with E-state index in [1.165, 1.54) is 125 Å². The second-order valence-corrected chi connectivity index (χ2v) is 19.8. The van der Waals surface area contributed by atoms with Gasteiger partial charge in [0.2, 0.25) is 0 Å². The van der Waals surface area contributed by atoms with Crippen LogP contribution in [0.4, 0.5) is 0 Å². The Balaban J connectivity index is 1.19. The van der Waals surface area contributed by atoms with Gasteiger partial charge in [-0.15, -0.1) is 21.9 Å². The third kappa shape index (κ3) is 6.85. The Morgan fingerprint density at radius 1 is 0.268 bits per heavy atom. The van der Waals surface area contributed by atoms with Crippen molar-refractivity contribution < 1.29 is 0 Å². The van der Waals surface area contributed by atoms with Crippen molar-refractivity contribution in [2.75, 3.05) is 0 Å². The van der Waals surface area contributed by atoms with Gasteiger partial charge in [0.05, 0.1) is 11.0 Å². The lowest BCUT2D eigenvalue weighted by molar-refractivity contribution is 1.07. The third-order valence-corrected chi connectivity index (χ3v) is 16.2. The molecule has 10 aromatic carbocycles. The van der Waals surface area contributed by atoms with Crippen LogP contribution in [0.25, 0.3) is 116 Å². The van der Waals surface area contributed by atoms with Crippen LogP contribution in [0.15, 0.2) is 158 Å². The Hall–Kier alpha value is -7.56. The van der Waals surface area contributed by atoms with Crippen LogP contribution in [0.2, 0.25) is 0 Å². The summed E-state index contributed by atoms with van der Waals surface area (Å²) in [6, 6.07) is 56.2. The first-order valence-corrected chi connectivity index (χ1v) is 24.9. The molecule has 0 amide bonds. The van der Waals surface area contributed by atoms with E-state index in [1.807, 2.05) is 36.4 Å². The van der Waals surface area contributed by atoms with Crippen molar-refractivity contribution in [3.05, 3.63) is 158 Å². The first kappa shape index (κ1) is 44.6. The van der Waals surface area contributed by atoms with Crippen LogP contribution in [0.5, 0.6) is 0 Å². The van der Waals surface area contributed by atoms with Gasteiger partial charge in [-0.1, -0.05) is 160 Å². The Morgan fingerprint density at radius 3 is 1.07 bits per heavy atom. The zero-order valence-corrected chi connectivity index (χ0v) is 42.3. The van der Waals surface area contributed by atoms with E-state index < -0.39 is 0 Å². The normalized spacial score (nSPS) is 11.7. The van der Waals surface area contributed by atoms with Gasteiger partial charge >= 0.3 is 0 Å². The Labute approximate surface area is 424 Å². The van der Waals surface area contributed by atoms with Crippen LogP contribution in [0.3, 0.4) is 0 Å². The molecule has 0 N–H and O–H groups in total. The highest BCUT2D eigenvalue weighted by atomic mass is 15.0. The lowest BCUT2D eigenvalue weighted by Gasteiger charge is -2.29. The zero-order valence-electron chi connectivity index (χ0n) is 42.3. The van der Waals surface area contributed by atoms with Crippen molar-refractivity contribution in [1.29, 1.82) is 0 Å². The maximum absolute atomic E-state index is 5.12. The number of rotatable bonds is 6. The van der Waals surface area contributed by atoms with E-state index in [9.17, 15) is 0 Å². The van der Waals surface area contributed by atoms with E-state index in [4.69, 9.17) is 15.0 Å². The average Bonchev–Trinajstić information content (AvgIpc) is 3.75. The molecule has 4 nitrogen and oxygen atoms in total. The first-order valence-electron chi connectivity index (χ1n) is 24.9. The molecule has 0 atom stereocenters. The first-order chi connectivity index (χ1) is 34.4. The molecule has 0 fully saturated rings. The number of nitrogens with zero attached hydrogens (tertiary/aromatic N) is 4. The molecule has 2 aromatic heterocycles. The minimum atomic E-state index is 0.641. The van der Waals surface area contributed by atoms with Crippen LogP contribution in [0.1, 0.15) is 0 Å². The van der Waals surface area contributed by atoms with Crippen molar-refractivity contribution in [2.45, 2.75) is 0 Å². The fraction of sp³-hybridized carbons (Fsp3) is 0. The van der Waals surface area contributed by atoms with Crippen LogP contribution >= 0.6 is 0 Å². The maximum atomic E-state index is 5.12. The molecule has 324 valence electrons. The SMILES string of the molecule is Bc1c(B)c(B)c2c(c1B)c1c(B)c(B)c(B)c(B)c1c1c(B)c(-c3ccc4c(c3)c3ccccc3n4-c3ccccc3)c(-c3ccc(-c4nc(-c5ccccc5)nc(-c5ccccc5)n4)cc3)c(B)c21. The van der Waals surface area contributed by atoms with Crippen molar-refractivity contribution in [3.63, 3.8) is 0 Å². The molecule has 0 radical (unpaired) electrons. The number of aromatic nitrogens is 4. The molecule has 12 rings (SSSR count). The number of hydrogen-bond donors (Lipinski definition) is 0. The summed E-state index contributed by atoms with van der Waals surface area (Å²) in [4.78, 5) is 15.2. The van der Waals surface area contributed by atoms with Gasteiger partial charge < -0.3 is 4.57 Å². The number of hydrogen-bond acceptors (Lipinski definition) is 3. The zero-order chi connectivity index (χ0) is 49.0. The summed E-state index contributed by atoms with van der Waals surface area (Å²) < 4.78 is 2.41. The predicted octanol–water partition coefficient (Wildman–Crippen LogP) is -2.65. The molecule has 0 aliphatic rings. The summed E-state index contributed by atoms with van der Waals surface area (Å²) in [7, 11) is 23.5. The molecule has 0 aliphatic carbocycles. The van der Waals surface area contributed by atoms with Gasteiger partial charge in [0.15, 0.2) is 17.5 Å². The number of fused-ring (bicyclic) bond motifs is 9. The lowest BCUT2D eigenvalue weighted by atomic mass is 9.58. The maximum Gasteiger partial charge on any atom is 0.164 e. The summed E-state index contributed by atoms with van der Waals surface area (Å²) in [6.07, 6.45) is 0. The molecule has 2 heterocycles. The Bertz CT molecular complexity index is 4150. The quantitative estimate of drug-likeness (QED) is 0.136. The largest absolute Gasteiger partial charge is 0.309 e. The van der Waals surface area contributed by atoms with Gasteiger partial charge in [-0.3, -0.25) is 0 Å². The molecule has 14 heteroatoms. The van der Waals surface area contributed by atoms with E-state index in [2.05, 4.69) is 204 Å². The van der Waals surface area contributed by atoms with Crippen molar-refractivity contribution in [1.82, 2.24) is 19.5 Å². The molecule has 12 aromatic rings. The minimum absolute atomic E-state index is 0.641. The van der Waals surface area contributed by atoms with Crippen LogP contribution in [-0.4, -0.2) is 98.0 Å². The fourth-order valence-corrected chi connectivity index (χ4v) is 11.9. The highest BCUT2D eigenvalue weighted by molar-refractivity contribution is 6.74. The highest BCUT2D eigenvalue weighted by Crippen LogP contribution is 2.41. The molecule has 0 saturated heterocycles. The molecule has 0 unspecified atom stereocenters. The van der Waals surface area contributed by atoms with Crippen molar-refractivity contribution >= 4 is 187 Å². The van der Waals surface area contributed by atoms with Crippen LogP contribution < -0.4 is 54.6 Å². The Kier molecular flexibility index (Phi) is 10.7. The van der Waals surface area contributed by atoms with E-state index in [1.54, 1.807) is 0 Å². The summed E-state index contributed by atoms with van der Waals surface area (Å²) in [5.41, 5.74) is 24.8.